The van der Waals surface area contributed by atoms with Gasteiger partial charge in [-0.15, -0.1) is 25.3 Å². The lowest BCUT2D eigenvalue weighted by Gasteiger charge is -1.86. The first-order chi connectivity index (χ1) is 7.58. The molecule has 2 rings (SSSR count). The third-order valence-electron chi connectivity index (χ3n) is 1.63. The van der Waals surface area contributed by atoms with Crippen LogP contribution in [0.25, 0.3) is 0 Å². The maximum absolute atomic E-state index is 12.1. The number of benzene rings is 2. The molecule has 84 valence electrons. The van der Waals surface area contributed by atoms with Crippen molar-refractivity contribution >= 4 is 25.3 Å². The topological polar surface area (TPSA) is 0 Å². The predicted octanol–water partition coefficient (Wildman–Crippen LogP) is 4.23. The molecular weight excluding hydrogens is 246 g/mol. The maximum Gasteiger partial charge on any atom is 0.124 e. The lowest BCUT2D eigenvalue weighted by molar-refractivity contribution is 0.624. The summed E-state index contributed by atoms with van der Waals surface area (Å²) in [6.45, 7) is 0. The molecule has 2 aromatic carbocycles. The van der Waals surface area contributed by atoms with Gasteiger partial charge in [-0.2, -0.15) is 0 Å². The van der Waals surface area contributed by atoms with Crippen molar-refractivity contribution < 1.29 is 8.78 Å². The Balaban J connectivity index is 0.000000160. The summed E-state index contributed by atoms with van der Waals surface area (Å²) in [5.74, 6) is -0.458. The van der Waals surface area contributed by atoms with E-state index in [-0.39, 0.29) is 11.6 Å². The fourth-order valence-electron chi connectivity index (χ4n) is 0.917. The molecule has 0 amide bonds. The van der Waals surface area contributed by atoms with Gasteiger partial charge >= 0.3 is 0 Å². The summed E-state index contributed by atoms with van der Waals surface area (Å²) in [5, 5.41) is 0. The van der Waals surface area contributed by atoms with Gasteiger partial charge in [-0.1, -0.05) is 6.07 Å². The second-order valence-electron chi connectivity index (χ2n) is 2.96. The monoisotopic (exact) mass is 256 g/mol. The zero-order chi connectivity index (χ0) is 12.0. The first-order valence-corrected chi connectivity index (χ1v) is 5.36. The van der Waals surface area contributed by atoms with Gasteiger partial charge in [-0.3, -0.25) is 0 Å². The van der Waals surface area contributed by atoms with Crippen LogP contribution < -0.4 is 0 Å². The number of halogens is 2. The van der Waals surface area contributed by atoms with Crippen LogP contribution in [-0.4, -0.2) is 0 Å². The minimum absolute atomic E-state index is 0.220. The first kappa shape index (κ1) is 13.1. The zero-order valence-corrected chi connectivity index (χ0v) is 10.1. The molecule has 0 unspecified atom stereocenters. The van der Waals surface area contributed by atoms with Crippen LogP contribution in [0.1, 0.15) is 0 Å². The molecule has 0 N–H and O–H groups in total. The predicted molar refractivity (Wildman–Crippen MR) is 67.3 cm³/mol. The Morgan fingerprint density at radius 3 is 1.69 bits per heavy atom. The lowest BCUT2D eigenvalue weighted by Crippen LogP contribution is -1.69. The fourth-order valence-corrected chi connectivity index (χ4v) is 1.28. The second kappa shape index (κ2) is 6.55. The summed E-state index contributed by atoms with van der Waals surface area (Å²) in [5.41, 5.74) is 0. The van der Waals surface area contributed by atoms with Gasteiger partial charge in [0.25, 0.3) is 0 Å². The molecule has 0 radical (unpaired) electrons. The highest BCUT2D eigenvalue weighted by Crippen LogP contribution is 2.06. The van der Waals surface area contributed by atoms with Gasteiger partial charge in [-0.05, 0) is 42.5 Å². The normalized spacial score (nSPS) is 9.25. The SMILES string of the molecule is Fc1ccc(S)cc1.Fc1cccc(S)c1. The summed E-state index contributed by atoms with van der Waals surface area (Å²) in [4.78, 5) is 1.44. The van der Waals surface area contributed by atoms with E-state index in [0.29, 0.717) is 4.90 Å². The molecule has 0 bridgehead atoms. The van der Waals surface area contributed by atoms with Crippen molar-refractivity contribution in [1.82, 2.24) is 0 Å². The van der Waals surface area contributed by atoms with Crippen LogP contribution in [0.4, 0.5) is 8.78 Å². The van der Waals surface area contributed by atoms with E-state index in [0.717, 1.165) is 4.90 Å². The van der Waals surface area contributed by atoms with Crippen molar-refractivity contribution in [2.45, 2.75) is 9.79 Å². The van der Waals surface area contributed by atoms with E-state index in [1.54, 1.807) is 24.3 Å². The van der Waals surface area contributed by atoms with Crippen LogP contribution in [-0.2, 0) is 0 Å². The van der Waals surface area contributed by atoms with E-state index in [9.17, 15) is 8.78 Å². The maximum atomic E-state index is 12.1. The lowest BCUT2D eigenvalue weighted by atomic mass is 10.4. The average Bonchev–Trinajstić information content (AvgIpc) is 2.23. The molecule has 0 heterocycles. The number of hydrogen-bond acceptors (Lipinski definition) is 2. The number of thiol groups is 2. The van der Waals surface area contributed by atoms with Crippen LogP contribution in [0.15, 0.2) is 58.3 Å². The Bertz CT molecular complexity index is 403. The van der Waals surface area contributed by atoms with Crippen molar-refractivity contribution in [2.24, 2.45) is 0 Å². The third-order valence-corrected chi connectivity index (χ3v) is 2.21. The van der Waals surface area contributed by atoms with Crippen LogP contribution in [0, 0.1) is 11.6 Å². The molecule has 2 aromatic rings. The third kappa shape index (κ3) is 5.19. The average molecular weight is 256 g/mol. The second-order valence-corrected chi connectivity index (χ2v) is 3.99. The van der Waals surface area contributed by atoms with Gasteiger partial charge in [0.05, 0.1) is 0 Å². The standard InChI is InChI=1S/2C6H5FS/c7-5-1-3-6(8)4-2-5;7-5-2-1-3-6(8)4-5/h2*1-4,8H. The fraction of sp³-hybridized carbons (Fsp3) is 0. The largest absolute Gasteiger partial charge is 0.207 e. The quantitative estimate of drug-likeness (QED) is 0.648. The Labute approximate surface area is 104 Å². The molecular formula is C12H10F2S2. The van der Waals surface area contributed by atoms with Crippen molar-refractivity contribution in [3.05, 3.63) is 60.2 Å². The zero-order valence-electron chi connectivity index (χ0n) is 8.27. The van der Waals surface area contributed by atoms with E-state index in [4.69, 9.17) is 0 Å². The molecule has 0 aromatic heterocycles. The molecule has 0 aliphatic carbocycles. The molecule has 16 heavy (non-hydrogen) atoms. The molecule has 0 saturated carbocycles. The summed E-state index contributed by atoms with van der Waals surface area (Å²) < 4.78 is 24.2. The Hall–Kier alpha value is -1.00. The highest BCUT2D eigenvalue weighted by Gasteiger charge is 1.85. The van der Waals surface area contributed by atoms with E-state index in [2.05, 4.69) is 25.3 Å². The van der Waals surface area contributed by atoms with Crippen molar-refractivity contribution in [3.8, 4) is 0 Å². The number of hydrogen-bond donors (Lipinski definition) is 2. The summed E-state index contributed by atoms with van der Waals surface area (Å²) in [6, 6.07) is 12.1. The Kier molecular flexibility index (Phi) is 5.35. The molecule has 0 saturated heterocycles. The molecule has 0 aliphatic heterocycles. The van der Waals surface area contributed by atoms with Crippen molar-refractivity contribution in [3.63, 3.8) is 0 Å². The van der Waals surface area contributed by atoms with Crippen molar-refractivity contribution in [1.29, 1.82) is 0 Å². The van der Waals surface area contributed by atoms with Gasteiger partial charge in [0.1, 0.15) is 11.6 Å². The van der Waals surface area contributed by atoms with Gasteiger partial charge < -0.3 is 0 Å². The van der Waals surface area contributed by atoms with Gasteiger partial charge in [-0.25, -0.2) is 8.78 Å². The van der Waals surface area contributed by atoms with Gasteiger partial charge in [0.2, 0.25) is 0 Å². The minimum Gasteiger partial charge on any atom is -0.207 e. The van der Waals surface area contributed by atoms with E-state index < -0.39 is 0 Å². The molecule has 0 spiro atoms. The highest BCUT2D eigenvalue weighted by molar-refractivity contribution is 7.80. The molecule has 0 fully saturated rings. The summed E-state index contributed by atoms with van der Waals surface area (Å²) >= 11 is 7.88. The smallest absolute Gasteiger partial charge is 0.124 e. The van der Waals surface area contributed by atoms with E-state index in [1.165, 1.54) is 24.3 Å². The first-order valence-electron chi connectivity index (χ1n) is 4.47. The van der Waals surface area contributed by atoms with Crippen LogP contribution >= 0.6 is 25.3 Å². The van der Waals surface area contributed by atoms with Gasteiger partial charge in [0.15, 0.2) is 0 Å². The molecule has 0 aliphatic rings. The molecule has 4 heteroatoms. The molecule has 0 atom stereocenters. The molecule has 0 nitrogen and oxygen atoms in total. The van der Waals surface area contributed by atoms with Crippen LogP contribution in [0.2, 0.25) is 0 Å². The summed E-state index contributed by atoms with van der Waals surface area (Å²) in [7, 11) is 0. The minimum atomic E-state index is -0.238. The van der Waals surface area contributed by atoms with E-state index in [1.807, 2.05) is 0 Å². The summed E-state index contributed by atoms with van der Waals surface area (Å²) in [6.07, 6.45) is 0. The van der Waals surface area contributed by atoms with Crippen LogP contribution in [0.3, 0.4) is 0 Å². The van der Waals surface area contributed by atoms with Crippen LogP contribution in [0.5, 0.6) is 0 Å². The van der Waals surface area contributed by atoms with Gasteiger partial charge in [0, 0.05) is 9.79 Å². The number of rotatable bonds is 0. The highest BCUT2D eigenvalue weighted by atomic mass is 32.1. The Morgan fingerprint density at radius 2 is 1.31 bits per heavy atom. The Morgan fingerprint density at radius 1 is 0.688 bits per heavy atom. The van der Waals surface area contributed by atoms with Crippen molar-refractivity contribution in [2.75, 3.05) is 0 Å². The van der Waals surface area contributed by atoms with E-state index >= 15 is 0 Å².